The van der Waals surface area contributed by atoms with Gasteiger partial charge < -0.3 is 21.8 Å². The van der Waals surface area contributed by atoms with Crippen molar-refractivity contribution in [3.05, 3.63) is 46.9 Å². The summed E-state index contributed by atoms with van der Waals surface area (Å²) < 4.78 is 0. The lowest BCUT2D eigenvalue weighted by atomic mass is 10.00. The Morgan fingerprint density at radius 3 is 2.87 bits per heavy atom. The number of nitrogens with two attached hydrogens (primary N) is 2. The number of aliphatic imine (C=N–C) groups is 1. The van der Waals surface area contributed by atoms with Crippen LogP contribution in [0.15, 0.2) is 29.4 Å². The summed E-state index contributed by atoms with van der Waals surface area (Å²) in [4.78, 5) is 15.7. The van der Waals surface area contributed by atoms with Crippen molar-refractivity contribution in [3.8, 4) is 0 Å². The SMILES string of the molecule is CCN=CC(C=N)c1cc(C(=N)c2ccc(CC)c(N3CCCC(N)C3)n2)c(N)cn1. The Bertz CT molecular complexity index is 968. The summed E-state index contributed by atoms with van der Waals surface area (Å²) >= 11 is 0. The van der Waals surface area contributed by atoms with Gasteiger partial charge in [-0.05, 0) is 43.9 Å². The summed E-state index contributed by atoms with van der Waals surface area (Å²) in [6, 6.07) is 5.82. The third-order valence-corrected chi connectivity index (χ3v) is 5.55. The number of anilines is 2. The van der Waals surface area contributed by atoms with Crippen molar-refractivity contribution < 1.29 is 0 Å². The zero-order valence-corrected chi connectivity index (χ0v) is 18.3. The van der Waals surface area contributed by atoms with E-state index in [1.165, 1.54) is 6.21 Å². The molecule has 0 amide bonds. The van der Waals surface area contributed by atoms with Crippen molar-refractivity contribution in [3.63, 3.8) is 0 Å². The van der Waals surface area contributed by atoms with Crippen molar-refractivity contribution in [1.82, 2.24) is 9.97 Å². The highest BCUT2D eigenvalue weighted by atomic mass is 15.2. The van der Waals surface area contributed by atoms with Crippen LogP contribution in [0.4, 0.5) is 11.5 Å². The fourth-order valence-electron chi connectivity index (χ4n) is 3.81. The molecule has 0 spiro atoms. The van der Waals surface area contributed by atoms with Crippen LogP contribution in [0.3, 0.4) is 0 Å². The number of aryl methyl sites for hydroxylation is 1. The van der Waals surface area contributed by atoms with Gasteiger partial charge in [0.25, 0.3) is 0 Å². The number of nitrogens with one attached hydrogen (secondary N) is 2. The van der Waals surface area contributed by atoms with Gasteiger partial charge in [-0.2, -0.15) is 0 Å². The number of aromatic nitrogens is 2. The van der Waals surface area contributed by atoms with Gasteiger partial charge in [0, 0.05) is 43.7 Å². The van der Waals surface area contributed by atoms with E-state index < -0.39 is 0 Å². The number of hydrogen-bond donors (Lipinski definition) is 4. The number of hydrogen-bond acceptors (Lipinski definition) is 8. The molecule has 3 heterocycles. The minimum atomic E-state index is -0.354. The lowest BCUT2D eigenvalue weighted by Crippen LogP contribution is -2.43. The van der Waals surface area contributed by atoms with Crippen LogP contribution in [-0.4, -0.2) is 53.8 Å². The molecule has 8 heteroatoms. The first-order valence-corrected chi connectivity index (χ1v) is 10.8. The van der Waals surface area contributed by atoms with Crippen LogP contribution in [-0.2, 0) is 6.42 Å². The fraction of sp³-hybridized carbons (Fsp3) is 0.435. The Hall–Kier alpha value is -3.13. The summed E-state index contributed by atoms with van der Waals surface area (Å²) in [7, 11) is 0. The quantitative estimate of drug-likeness (QED) is 0.486. The molecule has 2 aromatic heterocycles. The molecule has 0 saturated carbocycles. The van der Waals surface area contributed by atoms with E-state index in [1.807, 2.05) is 19.1 Å². The molecule has 1 saturated heterocycles. The monoisotopic (exact) mass is 420 g/mol. The van der Waals surface area contributed by atoms with Crippen molar-refractivity contribution in [2.75, 3.05) is 30.3 Å². The molecule has 0 radical (unpaired) electrons. The second-order valence-electron chi connectivity index (χ2n) is 7.79. The zero-order valence-electron chi connectivity index (χ0n) is 18.3. The van der Waals surface area contributed by atoms with Crippen LogP contribution >= 0.6 is 0 Å². The highest BCUT2D eigenvalue weighted by Crippen LogP contribution is 2.25. The summed E-state index contributed by atoms with van der Waals surface area (Å²) in [6.07, 6.45) is 7.46. The number of rotatable bonds is 8. The first kappa shape index (κ1) is 22.6. The van der Waals surface area contributed by atoms with Crippen LogP contribution in [0.5, 0.6) is 0 Å². The first-order valence-electron chi connectivity index (χ1n) is 10.8. The van der Waals surface area contributed by atoms with E-state index in [1.54, 1.807) is 18.5 Å². The standard InChI is InChI=1S/C23H32N8/c1-3-15-7-8-20(30-23(15)31-9-5-6-17(25)14-31)22(27)18-10-21(29-13-19(18)26)16(11-24)12-28-4-2/h7-8,10-13,16-17,24,27H,3-6,9,14,25-26H2,1-2H3. The zero-order chi connectivity index (χ0) is 22.4. The van der Waals surface area contributed by atoms with Gasteiger partial charge in [0.2, 0.25) is 0 Å². The minimum absolute atomic E-state index is 0.143. The van der Waals surface area contributed by atoms with E-state index in [9.17, 15) is 0 Å². The molecular formula is C23H32N8. The number of nitrogen functional groups attached to an aromatic ring is 1. The molecule has 31 heavy (non-hydrogen) atoms. The van der Waals surface area contributed by atoms with Gasteiger partial charge >= 0.3 is 0 Å². The smallest absolute Gasteiger partial charge is 0.132 e. The molecule has 1 aliphatic rings. The van der Waals surface area contributed by atoms with Gasteiger partial charge in [-0.15, -0.1) is 0 Å². The van der Waals surface area contributed by atoms with Crippen molar-refractivity contribution in [2.45, 2.75) is 45.1 Å². The fourth-order valence-corrected chi connectivity index (χ4v) is 3.81. The highest BCUT2D eigenvalue weighted by Gasteiger charge is 2.22. The summed E-state index contributed by atoms with van der Waals surface area (Å²) in [5.41, 5.74) is 15.9. The van der Waals surface area contributed by atoms with Crippen LogP contribution in [0.25, 0.3) is 0 Å². The summed E-state index contributed by atoms with van der Waals surface area (Å²) in [6.45, 7) is 6.38. The van der Waals surface area contributed by atoms with Gasteiger partial charge in [-0.25, -0.2) is 4.98 Å². The molecule has 8 nitrogen and oxygen atoms in total. The van der Waals surface area contributed by atoms with Crippen LogP contribution in [0, 0.1) is 10.8 Å². The third-order valence-electron chi connectivity index (χ3n) is 5.55. The van der Waals surface area contributed by atoms with E-state index in [0.717, 1.165) is 43.7 Å². The van der Waals surface area contributed by atoms with Crippen LogP contribution < -0.4 is 16.4 Å². The Morgan fingerprint density at radius 1 is 1.39 bits per heavy atom. The van der Waals surface area contributed by atoms with Gasteiger partial charge in [0.1, 0.15) is 5.82 Å². The van der Waals surface area contributed by atoms with Gasteiger partial charge in [0.15, 0.2) is 0 Å². The molecule has 2 unspecified atom stereocenters. The van der Waals surface area contributed by atoms with E-state index in [2.05, 4.69) is 21.8 Å². The predicted molar refractivity (Wildman–Crippen MR) is 128 cm³/mol. The summed E-state index contributed by atoms with van der Waals surface area (Å²) in [5.74, 6) is 0.549. The van der Waals surface area contributed by atoms with Gasteiger partial charge in [-0.1, -0.05) is 13.0 Å². The normalized spacial score (nSPS) is 17.6. The Balaban J connectivity index is 1.97. The molecule has 1 fully saturated rings. The van der Waals surface area contributed by atoms with Gasteiger partial charge in [-0.3, -0.25) is 15.4 Å². The lowest BCUT2D eigenvalue weighted by Gasteiger charge is -2.33. The topological polar surface area (TPSA) is 141 Å². The van der Waals surface area contributed by atoms with E-state index >= 15 is 0 Å². The maximum atomic E-state index is 8.82. The first-order chi connectivity index (χ1) is 15.0. The number of nitrogens with zero attached hydrogens (tertiary/aromatic N) is 4. The van der Waals surface area contributed by atoms with Gasteiger partial charge in [0.05, 0.1) is 34.9 Å². The average molecular weight is 421 g/mol. The molecule has 0 aliphatic carbocycles. The molecule has 0 bridgehead atoms. The molecule has 6 N–H and O–H groups in total. The molecular weight excluding hydrogens is 388 g/mol. The second kappa shape index (κ2) is 10.3. The Kier molecular flexibility index (Phi) is 7.46. The molecule has 3 rings (SSSR count). The molecule has 2 atom stereocenters. The number of piperidine rings is 1. The average Bonchev–Trinajstić information content (AvgIpc) is 2.79. The van der Waals surface area contributed by atoms with Crippen molar-refractivity contribution >= 4 is 29.6 Å². The van der Waals surface area contributed by atoms with E-state index in [-0.39, 0.29) is 17.7 Å². The maximum absolute atomic E-state index is 8.82. The number of pyridine rings is 2. The molecule has 0 aromatic carbocycles. The Labute approximate surface area is 183 Å². The third kappa shape index (κ3) is 5.14. The molecule has 164 valence electrons. The van der Waals surface area contributed by atoms with E-state index in [0.29, 0.717) is 29.2 Å². The van der Waals surface area contributed by atoms with Crippen molar-refractivity contribution in [2.24, 2.45) is 10.7 Å². The predicted octanol–water partition coefficient (Wildman–Crippen LogP) is 2.79. The van der Waals surface area contributed by atoms with Crippen LogP contribution in [0.1, 0.15) is 55.1 Å². The maximum Gasteiger partial charge on any atom is 0.132 e. The lowest BCUT2D eigenvalue weighted by molar-refractivity contribution is 0.502. The largest absolute Gasteiger partial charge is 0.397 e. The van der Waals surface area contributed by atoms with E-state index in [4.69, 9.17) is 27.3 Å². The highest BCUT2D eigenvalue weighted by molar-refractivity contribution is 6.13. The molecule has 2 aromatic rings. The molecule has 1 aliphatic heterocycles. The summed E-state index contributed by atoms with van der Waals surface area (Å²) in [5, 5.41) is 16.5. The second-order valence-corrected chi connectivity index (χ2v) is 7.79. The van der Waals surface area contributed by atoms with Crippen molar-refractivity contribution in [1.29, 1.82) is 10.8 Å². The van der Waals surface area contributed by atoms with Crippen LogP contribution in [0.2, 0.25) is 0 Å². The minimum Gasteiger partial charge on any atom is -0.397 e. The Morgan fingerprint density at radius 2 is 2.19 bits per heavy atom.